The first-order chi connectivity index (χ1) is 10.5. The van der Waals surface area contributed by atoms with E-state index in [-0.39, 0.29) is 29.1 Å². The lowest BCUT2D eigenvalue weighted by Crippen LogP contribution is -2.27. The number of benzene rings is 1. The minimum absolute atomic E-state index is 0.0140. The number of rotatable bonds is 3. The van der Waals surface area contributed by atoms with Gasteiger partial charge in [0.05, 0.1) is 10.1 Å². The van der Waals surface area contributed by atoms with E-state index in [2.05, 4.69) is 0 Å². The number of halogens is 4. The smallest absolute Gasteiger partial charge is 0.234 e. The monoisotopic (exact) mass is 363 g/mol. The van der Waals surface area contributed by atoms with Crippen molar-refractivity contribution in [2.75, 3.05) is 5.75 Å². The van der Waals surface area contributed by atoms with Gasteiger partial charge in [-0.1, -0.05) is 11.6 Å². The number of amides is 1. The van der Waals surface area contributed by atoms with Crippen LogP contribution in [0.3, 0.4) is 0 Å². The fourth-order valence-corrected chi connectivity index (χ4v) is 4.70. The Balaban J connectivity index is 1.87. The minimum atomic E-state index is -1.51. The van der Waals surface area contributed by atoms with E-state index in [4.69, 9.17) is 11.6 Å². The number of hydrogen-bond donors (Lipinski definition) is 0. The first kappa shape index (κ1) is 15.7. The Morgan fingerprint density at radius 1 is 1.23 bits per heavy atom. The van der Waals surface area contributed by atoms with Crippen LogP contribution in [-0.4, -0.2) is 16.6 Å². The molecule has 2 heterocycles. The molecular formula is C14H9ClF3NOS2. The Morgan fingerprint density at radius 3 is 2.50 bits per heavy atom. The maximum absolute atomic E-state index is 13.3. The van der Waals surface area contributed by atoms with Crippen LogP contribution in [0, 0.1) is 17.5 Å². The van der Waals surface area contributed by atoms with Gasteiger partial charge in [0.25, 0.3) is 0 Å². The molecule has 1 aliphatic rings. The predicted molar refractivity (Wildman–Crippen MR) is 81.4 cm³/mol. The van der Waals surface area contributed by atoms with Crippen molar-refractivity contribution in [1.29, 1.82) is 0 Å². The van der Waals surface area contributed by atoms with Gasteiger partial charge in [0.2, 0.25) is 5.91 Å². The third-order valence-corrected chi connectivity index (χ3v) is 5.87. The van der Waals surface area contributed by atoms with E-state index in [9.17, 15) is 18.0 Å². The molecule has 1 unspecified atom stereocenters. The summed E-state index contributed by atoms with van der Waals surface area (Å²) in [6, 6.07) is 5.38. The van der Waals surface area contributed by atoms with E-state index in [1.165, 1.54) is 28.0 Å². The minimum Gasteiger partial charge on any atom is -0.321 e. The fourth-order valence-electron chi connectivity index (χ4n) is 2.22. The van der Waals surface area contributed by atoms with Crippen molar-refractivity contribution >= 4 is 40.6 Å². The quantitative estimate of drug-likeness (QED) is 0.743. The van der Waals surface area contributed by atoms with Crippen LogP contribution in [0.1, 0.15) is 15.8 Å². The SMILES string of the molecule is O=C1CSC(c2ccc(Cl)s2)N1Cc1cc(F)c(F)c(F)c1. The van der Waals surface area contributed by atoms with Gasteiger partial charge in [-0.25, -0.2) is 13.2 Å². The van der Waals surface area contributed by atoms with Gasteiger partial charge < -0.3 is 4.90 Å². The normalized spacial score (nSPS) is 18.3. The first-order valence-electron chi connectivity index (χ1n) is 6.25. The highest BCUT2D eigenvalue weighted by molar-refractivity contribution is 8.00. The molecule has 3 rings (SSSR count). The van der Waals surface area contributed by atoms with Crippen LogP contribution in [0.4, 0.5) is 13.2 Å². The molecule has 2 nitrogen and oxygen atoms in total. The molecule has 0 spiro atoms. The zero-order valence-electron chi connectivity index (χ0n) is 11.0. The van der Waals surface area contributed by atoms with Gasteiger partial charge in [-0.05, 0) is 29.8 Å². The first-order valence-corrected chi connectivity index (χ1v) is 8.50. The summed E-state index contributed by atoms with van der Waals surface area (Å²) in [5.41, 5.74) is 0.208. The lowest BCUT2D eigenvalue weighted by molar-refractivity contribution is -0.128. The van der Waals surface area contributed by atoms with Crippen molar-refractivity contribution in [2.45, 2.75) is 11.9 Å². The number of thioether (sulfide) groups is 1. The van der Waals surface area contributed by atoms with E-state index in [0.717, 1.165) is 17.0 Å². The average molecular weight is 364 g/mol. The van der Waals surface area contributed by atoms with Gasteiger partial charge in [0, 0.05) is 11.4 Å². The van der Waals surface area contributed by atoms with Crippen LogP contribution in [0.25, 0.3) is 0 Å². The maximum Gasteiger partial charge on any atom is 0.234 e. The van der Waals surface area contributed by atoms with Crippen molar-refractivity contribution in [3.05, 3.63) is 56.5 Å². The average Bonchev–Trinajstić information content (AvgIpc) is 3.03. The number of carbonyl (C=O) groups is 1. The Labute approximate surface area is 137 Å². The Bertz CT molecular complexity index is 714. The van der Waals surface area contributed by atoms with Crippen LogP contribution in [0.5, 0.6) is 0 Å². The molecule has 1 saturated heterocycles. The molecule has 1 atom stereocenters. The van der Waals surface area contributed by atoms with E-state index >= 15 is 0 Å². The summed E-state index contributed by atoms with van der Waals surface area (Å²) in [7, 11) is 0. The molecule has 22 heavy (non-hydrogen) atoms. The largest absolute Gasteiger partial charge is 0.321 e. The van der Waals surface area contributed by atoms with Crippen molar-refractivity contribution in [1.82, 2.24) is 4.90 Å². The number of carbonyl (C=O) groups excluding carboxylic acids is 1. The van der Waals surface area contributed by atoms with Crippen molar-refractivity contribution < 1.29 is 18.0 Å². The zero-order valence-corrected chi connectivity index (χ0v) is 13.4. The van der Waals surface area contributed by atoms with Gasteiger partial charge in [-0.15, -0.1) is 23.1 Å². The van der Waals surface area contributed by atoms with E-state index in [1.807, 2.05) is 6.07 Å². The maximum atomic E-state index is 13.3. The van der Waals surface area contributed by atoms with Gasteiger partial charge in [-0.2, -0.15) is 0 Å². The van der Waals surface area contributed by atoms with Crippen LogP contribution >= 0.6 is 34.7 Å². The van der Waals surface area contributed by atoms with Crippen LogP contribution in [0.2, 0.25) is 4.34 Å². The molecule has 1 aromatic carbocycles. The van der Waals surface area contributed by atoms with Gasteiger partial charge in [0.1, 0.15) is 5.37 Å². The Kier molecular flexibility index (Phi) is 4.38. The predicted octanol–water partition coefficient (Wildman–Crippen LogP) is 4.59. The summed E-state index contributed by atoms with van der Waals surface area (Å²) in [5.74, 6) is -3.88. The molecule has 116 valence electrons. The molecule has 8 heteroatoms. The summed E-state index contributed by atoms with van der Waals surface area (Å²) < 4.78 is 40.2. The third kappa shape index (κ3) is 2.98. The molecule has 0 bridgehead atoms. The van der Waals surface area contributed by atoms with Gasteiger partial charge in [-0.3, -0.25) is 4.79 Å². The molecular weight excluding hydrogens is 355 g/mol. The molecule has 0 radical (unpaired) electrons. The standard InChI is InChI=1S/C14H9ClF3NOS2/c15-11-2-1-10(22-11)14-19(12(20)6-21-14)5-7-3-8(16)13(18)9(17)4-7/h1-4,14H,5-6H2. The van der Waals surface area contributed by atoms with E-state index in [0.29, 0.717) is 4.34 Å². The van der Waals surface area contributed by atoms with E-state index in [1.54, 1.807) is 6.07 Å². The zero-order chi connectivity index (χ0) is 15.9. The third-order valence-electron chi connectivity index (χ3n) is 3.20. The highest BCUT2D eigenvalue weighted by Gasteiger charge is 2.34. The molecule has 0 saturated carbocycles. The molecule has 0 N–H and O–H groups in total. The lowest BCUT2D eigenvalue weighted by atomic mass is 10.2. The van der Waals surface area contributed by atoms with Crippen LogP contribution < -0.4 is 0 Å². The summed E-state index contributed by atoms with van der Waals surface area (Å²) >= 11 is 8.68. The van der Waals surface area contributed by atoms with Crippen molar-refractivity contribution in [2.24, 2.45) is 0 Å². The second-order valence-corrected chi connectivity index (χ2v) is 7.52. The molecule has 2 aromatic rings. The Hall–Kier alpha value is -1.18. The molecule has 1 amide bonds. The summed E-state index contributed by atoms with van der Waals surface area (Å²) in [4.78, 5) is 14.4. The topological polar surface area (TPSA) is 20.3 Å². The number of nitrogens with zero attached hydrogens (tertiary/aromatic N) is 1. The molecule has 0 aliphatic carbocycles. The van der Waals surface area contributed by atoms with Gasteiger partial charge in [0.15, 0.2) is 17.5 Å². The van der Waals surface area contributed by atoms with Crippen molar-refractivity contribution in [3.63, 3.8) is 0 Å². The van der Waals surface area contributed by atoms with Crippen molar-refractivity contribution in [3.8, 4) is 0 Å². The second-order valence-electron chi connectivity index (χ2n) is 4.70. The fraction of sp³-hybridized carbons (Fsp3) is 0.214. The molecule has 1 aliphatic heterocycles. The van der Waals surface area contributed by atoms with Crippen LogP contribution in [0.15, 0.2) is 24.3 Å². The molecule has 1 fully saturated rings. The summed E-state index contributed by atoms with van der Waals surface area (Å²) in [5, 5.41) is -0.249. The molecule has 1 aromatic heterocycles. The Morgan fingerprint density at radius 2 is 1.91 bits per heavy atom. The number of hydrogen-bond acceptors (Lipinski definition) is 3. The highest BCUT2D eigenvalue weighted by Crippen LogP contribution is 2.43. The highest BCUT2D eigenvalue weighted by atomic mass is 35.5. The second kappa shape index (κ2) is 6.14. The van der Waals surface area contributed by atoms with E-state index < -0.39 is 17.5 Å². The van der Waals surface area contributed by atoms with Crippen LogP contribution in [-0.2, 0) is 11.3 Å². The summed E-state index contributed by atoms with van der Waals surface area (Å²) in [6.07, 6.45) is 0. The summed E-state index contributed by atoms with van der Waals surface area (Å²) in [6.45, 7) is 0.0140. The van der Waals surface area contributed by atoms with Gasteiger partial charge >= 0.3 is 0 Å². The lowest BCUT2D eigenvalue weighted by Gasteiger charge is -2.23. The number of thiophene rings is 1.